The summed E-state index contributed by atoms with van der Waals surface area (Å²) in [6.45, 7) is 0. The van der Waals surface area contributed by atoms with Crippen molar-refractivity contribution in [2.45, 2.75) is 5.41 Å². The van der Waals surface area contributed by atoms with Gasteiger partial charge in [-0.25, -0.2) is 15.0 Å². The molecule has 56 heavy (non-hydrogen) atoms. The Morgan fingerprint density at radius 1 is 0.321 bits per heavy atom. The lowest BCUT2D eigenvalue weighted by atomic mass is 9.68. The molecular formula is C52H31N3S. The molecule has 0 saturated heterocycles. The standard InChI is InChI=1S/C52H31N3S/c1-2-13-33(14-3-1)49-53-50(55-51(54-49)35-29-30-41-40-18-7-11-24-46(40)56-47(41)31-35)34-27-25-32(26-28-34)36-19-12-20-42-39-17-6-10-23-45(39)52(48(36)42)43-21-8-4-15-37(43)38-16-5-9-22-44(38)52/h1-31H. The SMILES string of the molecule is c1ccc(-c2nc(-c3ccc(-c4cccc5c4C4(c6ccccc6-c6ccccc64)c4ccccc4-5)cc3)nc(-c3ccc4c(c3)sc3ccccc34)n2)cc1. The van der Waals surface area contributed by atoms with E-state index in [2.05, 4.69) is 170 Å². The second-order valence-corrected chi connectivity index (χ2v) is 15.8. The Morgan fingerprint density at radius 3 is 1.46 bits per heavy atom. The molecule has 1 spiro atoms. The zero-order chi connectivity index (χ0) is 36.8. The second-order valence-electron chi connectivity index (χ2n) is 14.7. The highest BCUT2D eigenvalue weighted by molar-refractivity contribution is 7.25. The van der Waals surface area contributed by atoms with Gasteiger partial charge in [0, 0.05) is 36.9 Å². The summed E-state index contributed by atoms with van der Waals surface area (Å²) in [4.78, 5) is 15.3. The summed E-state index contributed by atoms with van der Waals surface area (Å²) in [5.41, 5.74) is 15.4. The minimum atomic E-state index is -0.419. The second kappa shape index (κ2) is 12.0. The Hall–Kier alpha value is -7.01. The maximum atomic E-state index is 5.14. The van der Waals surface area contributed by atoms with Crippen molar-refractivity contribution in [3.05, 3.63) is 210 Å². The smallest absolute Gasteiger partial charge is 0.164 e. The first-order valence-corrected chi connectivity index (χ1v) is 19.8. The molecule has 4 heteroatoms. The van der Waals surface area contributed by atoms with E-state index in [1.54, 1.807) is 11.3 Å². The normalized spacial score (nSPS) is 13.1. The topological polar surface area (TPSA) is 38.7 Å². The molecule has 2 aliphatic carbocycles. The summed E-state index contributed by atoms with van der Waals surface area (Å²) >= 11 is 1.80. The quantitative estimate of drug-likeness (QED) is 0.181. The van der Waals surface area contributed by atoms with Crippen LogP contribution in [0.25, 0.3) is 87.7 Å². The Labute approximate surface area is 328 Å². The molecule has 3 nitrogen and oxygen atoms in total. The van der Waals surface area contributed by atoms with Crippen LogP contribution in [0.5, 0.6) is 0 Å². The molecule has 0 radical (unpaired) electrons. The maximum Gasteiger partial charge on any atom is 0.164 e. The van der Waals surface area contributed by atoms with E-state index in [0.29, 0.717) is 17.5 Å². The van der Waals surface area contributed by atoms with E-state index in [1.807, 2.05) is 18.2 Å². The minimum Gasteiger partial charge on any atom is -0.208 e. The first-order valence-electron chi connectivity index (χ1n) is 19.0. The van der Waals surface area contributed by atoms with E-state index >= 15 is 0 Å². The van der Waals surface area contributed by atoms with Crippen molar-refractivity contribution in [2.75, 3.05) is 0 Å². The molecule has 0 bridgehead atoms. The summed E-state index contributed by atoms with van der Waals surface area (Å²) in [5, 5.41) is 2.53. The van der Waals surface area contributed by atoms with Crippen molar-refractivity contribution in [2.24, 2.45) is 0 Å². The number of hydrogen-bond donors (Lipinski definition) is 0. The summed E-state index contributed by atoms with van der Waals surface area (Å²) in [6.07, 6.45) is 0. The van der Waals surface area contributed by atoms with E-state index in [-0.39, 0.29) is 0 Å². The molecule has 0 unspecified atom stereocenters. The van der Waals surface area contributed by atoms with Crippen LogP contribution in [0.1, 0.15) is 22.3 Å². The monoisotopic (exact) mass is 729 g/mol. The molecule has 0 saturated carbocycles. The Bertz CT molecular complexity index is 3130. The Kier molecular flexibility index (Phi) is 6.72. The van der Waals surface area contributed by atoms with Gasteiger partial charge in [-0.05, 0) is 67.8 Å². The number of thiophene rings is 1. The highest BCUT2D eigenvalue weighted by Gasteiger charge is 2.52. The highest BCUT2D eigenvalue weighted by atomic mass is 32.1. The zero-order valence-electron chi connectivity index (χ0n) is 30.1. The van der Waals surface area contributed by atoms with Crippen LogP contribution >= 0.6 is 11.3 Å². The molecule has 0 atom stereocenters. The average molecular weight is 730 g/mol. The van der Waals surface area contributed by atoms with Gasteiger partial charge in [-0.2, -0.15) is 0 Å². The maximum absolute atomic E-state index is 5.14. The van der Waals surface area contributed by atoms with Gasteiger partial charge < -0.3 is 0 Å². The zero-order valence-corrected chi connectivity index (χ0v) is 31.0. The molecule has 0 amide bonds. The van der Waals surface area contributed by atoms with Crippen LogP contribution in [0.3, 0.4) is 0 Å². The molecule has 0 aliphatic heterocycles. The van der Waals surface area contributed by atoms with E-state index < -0.39 is 5.41 Å². The molecule has 0 fully saturated rings. The van der Waals surface area contributed by atoms with Crippen molar-refractivity contribution in [1.82, 2.24) is 15.0 Å². The molecule has 2 aliphatic rings. The summed E-state index contributed by atoms with van der Waals surface area (Å²) < 4.78 is 2.50. The summed E-state index contributed by atoms with van der Waals surface area (Å²) in [5.74, 6) is 1.97. The van der Waals surface area contributed by atoms with Crippen molar-refractivity contribution < 1.29 is 0 Å². The number of benzene rings is 8. The predicted octanol–water partition coefficient (Wildman–Crippen LogP) is 13.3. The molecule has 2 heterocycles. The lowest BCUT2D eigenvalue weighted by Gasteiger charge is -2.32. The first-order chi connectivity index (χ1) is 27.8. The van der Waals surface area contributed by atoms with E-state index in [0.717, 1.165) is 22.3 Å². The third-order valence-corrected chi connectivity index (χ3v) is 12.9. The highest BCUT2D eigenvalue weighted by Crippen LogP contribution is 2.64. The van der Waals surface area contributed by atoms with Gasteiger partial charge in [0.1, 0.15) is 0 Å². The molecule has 260 valence electrons. The van der Waals surface area contributed by atoms with E-state index in [1.165, 1.54) is 70.2 Å². The lowest BCUT2D eigenvalue weighted by molar-refractivity contribution is 0.796. The van der Waals surface area contributed by atoms with Crippen molar-refractivity contribution in [1.29, 1.82) is 0 Å². The van der Waals surface area contributed by atoms with Gasteiger partial charge in [0.25, 0.3) is 0 Å². The minimum absolute atomic E-state index is 0.419. The Morgan fingerprint density at radius 2 is 0.786 bits per heavy atom. The number of fused-ring (bicyclic) bond motifs is 13. The van der Waals surface area contributed by atoms with Gasteiger partial charge in [-0.3, -0.25) is 0 Å². The fourth-order valence-electron chi connectivity index (χ4n) is 9.41. The van der Waals surface area contributed by atoms with Crippen LogP contribution < -0.4 is 0 Å². The first kappa shape index (κ1) is 31.4. The van der Waals surface area contributed by atoms with Gasteiger partial charge in [0.15, 0.2) is 17.5 Å². The van der Waals surface area contributed by atoms with Crippen molar-refractivity contribution in [3.8, 4) is 67.5 Å². The number of aromatic nitrogens is 3. The van der Waals surface area contributed by atoms with E-state index in [4.69, 9.17) is 15.0 Å². The fraction of sp³-hybridized carbons (Fsp3) is 0.0192. The van der Waals surface area contributed by atoms with Crippen LogP contribution in [0.2, 0.25) is 0 Å². The molecule has 10 aromatic rings. The number of rotatable bonds is 4. The Balaban J connectivity index is 1.02. The average Bonchev–Trinajstić information content (AvgIpc) is 3.90. The van der Waals surface area contributed by atoms with Gasteiger partial charge in [-0.1, -0.05) is 176 Å². The molecule has 8 aromatic carbocycles. The van der Waals surface area contributed by atoms with E-state index in [9.17, 15) is 0 Å². The number of hydrogen-bond acceptors (Lipinski definition) is 4. The molecule has 12 rings (SSSR count). The lowest BCUT2D eigenvalue weighted by Crippen LogP contribution is -2.26. The third kappa shape index (κ3) is 4.42. The molecule has 2 aromatic heterocycles. The summed E-state index contributed by atoms with van der Waals surface area (Å²) in [6, 6.07) is 67.9. The van der Waals surface area contributed by atoms with Crippen molar-refractivity contribution >= 4 is 31.5 Å². The van der Waals surface area contributed by atoms with Crippen LogP contribution in [-0.2, 0) is 5.41 Å². The van der Waals surface area contributed by atoms with Gasteiger partial charge in [0.05, 0.1) is 5.41 Å². The third-order valence-electron chi connectivity index (χ3n) is 11.8. The molecular weight excluding hydrogens is 699 g/mol. The van der Waals surface area contributed by atoms with Gasteiger partial charge in [0.2, 0.25) is 0 Å². The van der Waals surface area contributed by atoms with Gasteiger partial charge >= 0.3 is 0 Å². The van der Waals surface area contributed by atoms with Crippen LogP contribution in [0.15, 0.2) is 188 Å². The fourth-order valence-corrected chi connectivity index (χ4v) is 10.6. The van der Waals surface area contributed by atoms with Gasteiger partial charge in [-0.15, -0.1) is 11.3 Å². The summed E-state index contributed by atoms with van der Waals surface area (Å²) in [7, 11) is 0. The van der Waals surface area contributed by atoms with Crippen LogP contribution in [0.4, 0.5) is 0 Å². The number of nitrogens with zero attached hydrogens (tertiary/aromatic N) is 3. The van der Waals surface area contributed by atoms with Crippen LogP contribution in [-0.4, -0.2) is 15.0 Å². The van der Waals surface area contributed by atoms with Crippen molar-refractivity contribution in [3.63, 3.8) is 0 Å². The molecule has 0 N–H and O–H groups in total. The van der Waals surface area contributed by atoms with Crippen LogP contribution in [0, 0.1) is 0 Å². The predicted molar refractivity (Wildman–Crippen MR) is 231 cm³/mol. The largest absolute Gasteiger partial charge is 0.208 e.